The first-order chi connectivity index (χ1) is 9.96. The normalized spacial score (nSPS) is 23.4. The number of rotatable bonds is 3. The molecule has 0 bridgehead atoms. The Morgan fingerprint density at radius 2 is 1.57 bits per heavy atom. The zero-order chi connectivity index (χ0) is 16.6. The average Bonchev–Trinajstić information content (AvgIpc) is 2.76. The Morgan fingerprint density at radius 3 is 2.00 bits per heavy atom. The molecule has 1 N–H and O–H groups in total. The smallest absolute Gasteiger partial charge is 0.0319 e. The van der Waals surface area contributed by atoms with E-state index in [1.54, 1.807) is 11.1 Å². The van der Waals surface area contributed by atoms with E-state index in [2.05, 4.69) is 52.0 Å². The molecule has 0 saturated heterocycles. The molecule has 1 aromatic carbocycles. The summed E-state index contributed by atoms with van der Waals surface area (Å²) in [6.07, 6.45) is 2.57. The molecule has 0 radical (unpaired) electrons. The molecule has 0 fully saturated rings. The van der Waals surface area contributed by atoms with Crippen LogP contribution in [0.1, 0.15) is 77.3 Å². The van der Waals surface area contributed by atoms with Crippen molar-refractivity contribution in [2.75, 3.05) is 7.11 Å². The fourth-order valence-corrected chi connectivity index (χ4v) is 4.06. The zero-order valence-corrected chi connectivity index (χ0v) is 15.7. The van der Waals surface area contributed by atoms with Gasteiger partial charge in [-0.15, -0.1) is 0 Å². The highest BCUT2D eigenvalue weighted by Crippen LogP contribution is 2.53. The van der Waals surface area contributed by atoms with E-state index < -0.39 is 0 Å². The minimum atomic E-state index is 0.0675. The second kappa shape index (κ2) is 9.53. The van der Waals surface area contributed by atoms with Gasteiger partial charge in [-0.25, -0.2) is 0 Å². The van der Waals surface area contributed by atoms with Crippen LogP contribution >= 0.6 is 12.6 Å². The predicted molar refractivity (Wildman–Crippen MR) is 98.6 cm³/mol. The Morgan fingerprint density at radius 1 is 1.10 bits per heavy atom. The summed E-state index contributed by atoms with van der Waals surface area (Å²) in [5, 5.41) is 7.00. The number of thiol groups is 1. The highest BCUT2D eigenvalue weighted by molar-refractivity contribution is 7.81. The molecular weight excluding hydrogens is 276 g/mol. The number of fused-ring (bicyclic) bond motifs is 1. The van der Waals surface area contributed by atoms with Gasteiger partial charge in [0.25, 0.3) is 0 Å². The Labute approximate surface area is 137 Å². The summed E-state index contributed by atoms with van der Waals surface area (Å²) in [6.45, 7) is 13.2. The van der Waals surface area contributed by atoms with Gasteiger partial charge in [0.05, 0.1) is 0 Å². The molecule has 122 valence electrons. The first-order valence-corrected chi connectivity index (χ1v) is 8.67. The van der Waals surface area contributed by atoms with Crippen molar-refractivity contribution >= 4 is 12.6 Å². The summed E-state index contributed by atoms with van der Waals surface area (Å²) < 4.78 is 0.0675. The molecule has 0 spiro atoms. The second-order valence-electron chi connectivity index (χ2n) is 6.01. The minimum absolute atomic E-state index is 0.0675. The predicted octanol–water partition coefficient (Wildman–Crippen LogP) is 5.65. The van der Waals surface area contributed by atoms with Crippen LogP contribution in [0.4, 0.5) is 0 Å². The lowest BCUT2D eigenvalue weighted by Gasteiger charge is -2.32. The summed E-state index contributed by atoms with van der Waals surface area (Å²) in [4.78, 5) is 0. The molecule has 1 aliphatic rings. The van der Waals surface area contributed by atoms with Crippen LogP contribution in [0, 0.1) is 5.92 Å². The molecule has 3 unspecified atom stereocenters. The van der Waals surface area contributed by atoms with Crippen LogP contribution in [-0.4, -0.2) is 17.0 Å². The van der Waals surface area contributed by atoms with Crippen LogP contribution in [0.25, 0.3) is 0 Å². The molecule has 0 amide bonds. The highest BCUT2D eigenvalue weighted by Gasteiger charge is 2.43. The van der Waals surface area contributed by atoms with Crippen LogP contribution in [0.2, 0.25) is 0 Å². The van der Waals surface area contributed by atoms with Crippen molar-refractivity contribution in [3.8, 4) is 0 Å². The fourth-order valence-electron chi connectivity index (χ4n) is 3.68. The molecule has 1 nitrogen and oxygen atoms in total. The van der Waals surface area contributed by atoms with Crippen molar-refractivity contribution in [2.24, 2.45) is 5.92 Å². The van der Waals surface area contributed by atoms with Crippen molar-refractivity contribution in [2.45, 2.75) is 71.0 Å². The minimum Gasteiger partial charge on any atom is -0.400 e. The quantitative estimate of drug-likeness (QED) is 0.692. The van der Waals surface area contributed by atoms with Gasteiger partial charge in [0.15, 0.2) is 0 Å². The summed E-state index contributed by atoms with van der Waals surface area (Å²) >= 11 is 4.84. The van der Waals surface area contributed by atoms with Gasteiger partial charge in [0, 0.05) is 17.8 Å². The molecule has 21 heavy (non-hydrogen) atoms. The monoisotopic (exact) mass is 310 g/mol. The number of hydrogen-bond donors (Lipinski definition) is 2. The van der Waals surface area contributed by atoms with E-state index >= 15 is 0 Å². The van der Waals surface area contributed by atoms with Crippen molar-refractivity contribution in [1.29, 1.82) is 0 Å². The lowest BCUT2D eigenvalue weighted by atomic mass is 9.80. The standard InChI is InChI=1S/C16H24S.C2H6.CH4O/c1-5-8-12-11(2)15(16(3,4)17)14-10-7-6-9-13(12)14;2*1-2/h6-7,9-12,15,17H,5,8H2,1-4H3;1-2H3;2H,1H3. The van der Waals surface area contributed by atoms with Gasteiger partial charge in [-0.05, 0) is 29.4 Å². The fraction of sp³-hybridized carbons (Fsp3) is 0.684. The second-order valence-corrected chi connectivity index (χ2v) is 7.17. The molecule has 2 heteroatoms. The van der Waals surface area contributed by atoms with Gasteiger partial charge < -0.3 is 5.11 Å². The molecule has 2 rings (SSSR count). The largest absolute Gasteiger partial charge is 0.400 e. The van der Waals surface area contributed by atoms with Gasteiger partial charge in [-0.3, -0.25) is 0 Å². The topological polar surface area (TPSA) is 20.2 Å². The van der Waals surface area contributed by atoms with Gasteiger partial charge in [0.2, 0.25) is 0 Å². The van der Waals surface area contributed by atoms with Gasteiger partial charge in [0.1, 0.15) is 0 Å². The summed E-state index contributed by atoms with van der Waals surface area (Å²) in [5.74, 6) is 2.02. The molecular formula is C19H34OS. The summed E-state index contributed by atoms with van der Waals surface area (Å²) in [7, 11) is 1.00. The van der Waals surface area contributed by atoms with E-state index in [4.69, 9.17) is 17.7 Å². The van der Waals surface area contributed by atoms with Crippen molar-refractivity contribution in [1.82, 2.24) is 0 Å². The van der Waals surface area contributed by atoms with Crippen LogP contribution in [0.5, 0.6) is 0 Å². The Kier molecular flexibility index (Phi) is 9.31. The maximum atomic E-state index is 7.00. The first-order valence-electron chi connectivity index (χ1n) is 8.22. The SMILES string of the molecule is CC.CCCC1c2ccccc2C(C(C)(C)S)C1C.CO. The Bertz CT molecular complexity index is 395. The molecule has 1 aliphatic carbocycles. The van der Waals surface area contributed by atoms with Crippen LogP contribution in [0.15, 0.2) is 24.3 Å². The lowest BCUT2D eigenvalue weighted by molar-refractivity contribution is 0.360. The number of aliphatic hydroxyl groups excluding tert-OH is 1. The van der Waals surface area contributed by atoms with Crippen molar-refractivity contribution in [3.63, 3.8) is 0 Å². The van der Waals surface area contributed by atoms with Crippen LogP contribution < -0.4 is 0 Å². The van der Waals surface area contributed by atoms with E-state index in [0.717, 1.165) is 13.0 Å². The number of benzene rings is 1. The highest BCUT2D eigenvalue weighted by atomic mass is 32.1. The van der Waals surface area contributed by atoms with Gasteiger partial charge in [-0.2, -0.15) is 12.6 Å². The van der Waals surface area contributed by atoms with Gasteiger partial charge >= 0.3 is 0 Å². The summed E-state index contributed by atoms with van der Waals surface area (Å²) in [5.41, 5.74) is 3.12. The maximum Gasteiger partial charge on any atom is 0.0319 e. The van der Waals surface area contributed by atoms with Crippen LogP contribution in [-0.2, 0) is 0 Å². The van der Waals surface area contributed by atoms with E-state index in [1.165, 1.54) is 12.8 Å². The van der Waals surface area contributed by atoms with Gasteiger partial charge in [-0.1, -0.05) is 72.2 Å². The molecule has 0 aliphatic heterocycles. The molecule has 0 aromatic heterocycles. The third-order valence-corrected chi connectivity index (χ3v) is 4.53. The average molecular weight is 311 g/mol. The molecule has 1 aromatic rings. The Balaban J connectivity index is 0.000000921. The summed E-state index contributed by atoms with van der Waals surface area (Å²) in [6, 6.07) is 8.99. The molecule has 0 heterocycles. The van der Waals surface area contributed by atoms with E-state index in [9.17, 15) is 0 Å². The zero-order valence-electron chi connectivity index (χ0n) is 14.9. The molecule has 0 saturated carbocycles. The molecule has 3 atom stereocenters. The first kappa shape index (κ1) is 20.5. The van der Waals surface area contributed by atoms with E-state index in [1.807, 2.05) is 13.8 Å². The lowest BCUT2D eigenvalue weighted by Crippen LogP contribution is -2.26. The number of aliphatic hydroxyl groups is 1. The van der Waals surface area contributed by atoms with E-state index in [-0.39, 0.29) is 4.75 Å². The van der Waals surface area contributed by atoms with Crippen LogP contribution in [0.3, 0.4) is 0 Å². The Hall–Kier alpha value is -0.470. The van der Waals surface area contributed by atoms with Crippen molar-refractivity contribution in [3.05, 3.63) is 35.4 Å². The third kappa shape index (κ3) is 4.75. The van der Waals surface area contributed by atoms with Crippen molar-refractivity contribution < 1.29 is 5.11 Å². The maximum absolute atomic E-state index is 7.00. The third-order valence-electron chi connectivity index (χ3n) is 4.25. The van der Waals surface area contributed by atoms with E-state index in [0.29, 0.717) is 11.8 Å². The number of hydrogen-bond acceptors (Lipinski definition) is 2.